The smallest absolute Gasteiger partial charge is 0.258 e. The highest BCUT2D eigenvalue weighted by molar-refractivity contribution is 6.34. The Hall–Kier alpha value is -2.99. The number of benzene rings is 1. The molecule has 0 radical (unpaired) electrons. The Kier molecular flexibility index (Phi) is 4.98. The van der Waals surface area contributed by atoms with E-state index in [9.17, 15) is 4.79 Å². The van der Waals surface area contributed by atoms with Crippen molar-refractivity contribution in [2.45, 2.75) is 6.54 Å². The van der Waals surface area contributed by atoms with Crippen molar-refractivity contribution < 1.29 is 4.79 Å². The van der Waals surface area contributed by atoms with E-state index in [0.29, 0.717) is 28.8 Å². The molecule has 0 bridgehead atoms. The molecule has 2 N–H and O–H groups in total. The van der Waals surface area contributed by atoms with E-state index in [-0.39, 0.29) is 5.91 Å². The third-order valence-electron chi connectivity index (χ3n) is 3.25. The van der Waals surface area contributed by atoms with Crippen LogP contribution in [0.5, 0.6) is 0 Å². The van der Waals surface area contributed by atoms with Gasteiger partial charge < -0.3 is 10.6 Å². The van der Waals surface area contributed by atoms with Gasteiger partial charge in [0, 0.05) is 18.9 Å². The average molecular weight is 340 g/mol. The van der Waals surface area contributed by atoms with E-state index >= 15 is 0 Å². The van der Waals surface area contributed by atoms with Crippen LogP contribution in [0.15, 0.2) is 60.9 Å². The van der Waals surface area contributed by atoms with Gasteiger partial charge in [0.2, 0.25) is 0 Å². The fourth-order valence-corrected chi connectivity index (χ4v) is 2.24. The van der Waals surface area contributed by atoms with Crippen LogP contribution in [0, 0.1) is 0 Å². The summed E-state index contributed by atoms with van der Waals surface area (Å²) in [7, 11) is 0. The average Bonchev–Trinajstić information content (AvgIpc) is 2.62. The van der Waals surface area contributed by atoms with E-state index < -0.39 is 0 Å². The molecule has 2 aromatic heterocycles. The summed E-state index contributed by atoms with van der Waals surface area (Å²) in [6.07, 6.45) is 3.46. The highest BCUT2D eigenvalue weighted by Crippen LogP contribution is 2.16. The van der Waals surface area contributed by atoms with Crippen molar-refractivity contribution in [3.05, 3.63) is 77.1 Å². The van der Waals surface area contributed by atoms with Crippen LogP contribution in [0.25, 0.3) is 0 Å². The molecule has 1 aromatic carbocycles. The third-order valence-corrected chi connectivity index (χ3v) is 3.58. The minimum atomic E-state index is -0.326. The normalized spacial score (nSPS) is 10.2. The molecule has 6 nitrogen and oxygen atoms in total. The fourth-order valence-electron chi connectivity index (χ4n) is 2.02. The molecule has 3 rings (SSSR count). The fraction of sp³-hybridized carbons (Fsp3) is 0.0588. The zero-order valence-corrected chi connectivity index (χ0v) is 13.4. The van der Waals surface area contributed by atoms with Crippen molar-refractivity contribution in [2.75, 3.05) is 10.6 Å². The minimum absolute atomic E-state index is 0.326. The van der Waals surface area contributed by atoms with Gasteiger partial charge in [-0.15, -0.1) is 10.2 Å². The van der Waals surface area contributed by atoms with E-state index in [1.807, 2.05) is 12.1 Å². The first-order valence-corrected chi connectivity index (χ1v) is 7.62. The Morgan fingerprint density at radius 2 is 1.67 bits per heavy atom. The quantitative estimate of drug-likeness (QED) is 0.744. The predicted octanol–water partition coefficient (Wildman–Crippen LogP) is 3.39. The maximum Gasteiger partial charge on any atom is 0.258 e. The number of carbonyl (C=O) groups excluding carboxylic acids is 1. The number of carbonyl (C=O) groups is 1. The molecule has 0 spiro atoms. The predicted molar refractivity (Wildman–Crippen MR) is 93.0 cm³/mol. The number of hydrogen-bond acceptors (Lipinski definition) is 5. The first-order chi connectivity index (χ1) is 11.7. The van der Waals surface area contributed by atoms with Crippen molar-refractivity contribution >= 4 is 29.1 Å². The van der Waals surface area contributed by atoms with Gasteiger partial charge in [0.15, 0.2) is 5.82 Å². The van der Waals surface area contributed by atoms with Crippen molar-refractivity contribution in [3.63, 3.8) is 0 Å². The summed E-state index contributed by atoms with van der Waals surface area (Å²) in [5.41, 5.74) is 1.48. The van der Waals surface area contributed by atoms with Gasteiger partial charge in [0.05, 0.1) is 10.6 Å². The van der Waals surface area contributed by atoms with E-state index in [2.05, 4.69) is 25.8 Å². The maximum atomic E-state index is 12.1. The lowest BCUT2D eigenvalue weighted by Gasteiger charge is -2.07. The minimum Gasteiger partial charge on any atom is -0.365 e. The van der Waals surface area contributed by atoms with Crippen LogP contribution < -0.4 is 10.6 Å². The largest absolute Gasteiger partial charge is 0.365 e. The molecule has 3 aromatic rings. The second kappa shape index (κ2) is 7.52. The summed E-state index contributed by atoms with van der Waals surface area (Å²) >= 11 is 6.00. The molecule has 0 aliphatic carbocycles. The zero-order valence-electron chi connectivity index (χ0n) is 12.6. The van der Waals surface area contributed by atoms with Crippen LogP contribution in [-0.2, 0) is 6.54 Å². The Morgan fingerprint density at radius 1 is 0.958 bits per heavy atom. The lowest BCUT2D eigenvalue weighted by molar-refractivity contribution is 0.102. The van der Waals surface area contributed by atoms with Crippen molar-refractivity contribution in [3.8, 4) is 0 Å². The number of amides is 1. The summed E-state index contributed by atoms with van der Waals surface area (Å²) in [6, 6.07) is 14.1. The summed E-state index contributed by atoms with van der Waals surface area (Å²) in [4.78, 5) is 16.1. The Balaban J connectivity index is 1.60. The number of aromatic nitrogens is 3. The van der Waals surface area contributed by atoms with Crippen LogP contribution >= 0.6 is 11.6 Å². The van der Waals surface area contributed by atoms with Crippen molar-refractivity contribution in [2.24, 2.45) is 0 Å². The second-order valence-electron chi connectivity index (χ2n) is 4.95. The molecule has 0 saturated carbocycles. The number of nitrogens with zero attached hydrogens (tertiary/aromatic N) is 3. The number of halogens is 1. The Morgan fingerprint density at radius 3 is 2.38 bits per heavy atom. The summed E-state index contributed by atoms with van der Waals surface area (Å²) < 4.78 is 0. The van der Waals surface area contributed by atoms with Crippen LogP contribution in [0.1, 0.15) is 15.9 Å². The van der Waals surface area contributed by atoms with Gasteiger partial charge in [-0.1, -0.05) is 23.7 Å². The second-order valence-corrected chi connectivity index (χ2v) is 5.35. The van der Waals surface area contributed by atoms with Crippen LogP contribution in [0.2, 0.25) is 5.02 Å². The molecule has 0 atom stereocenters. The maximum absolute atomic E-state index is 12.1. The molecule has 24 heavy (non-hydrogen) atoms. The highest BCUT2D eigenvalue weighted by atomic mass is 35.5. The van der Waals surface area contributed by atoms with E-state index in [4.69, 9.17) is 11.6 Å². The van der Waals surface area contributed by atoms with Crippen LogP contribution in [0.3, 0.4) is 0 Å². The summed E-state index contributed by atoms with van der Waals surface area (Å²) in [5.74, 6) is 0.643. The van der Waals surface area contributed by atoms with Gasteiger partial charge in [0.1, 0.15) is 5.82 Å². The topological polar surface area (TPSA) is 79.8 Å². The van der Waals surface area contributed by atoms with Crippen LogP contribution in [-0.4, -0.2) is 21.1 Å². The molecule has 0 saturated heterocycles. The van der Waals surface area contributed by atoms with Gasteiger partial charge in [-0.05, 0) is 42.0 Å². The number of nitrogens with one attached hydrogen (secondary N) is 2. The highest BCUT2D eigenvalue weighted by Gasteiger charge is 2.10. The Labute approximate surface area is 143 Å². The van der Waals surface area contributed by atoms with Gasteiger partial charge in [-0.3, -0.25) is 9.78 Å². The van der Waals surface area contributed by atoms with Gasteiger partial charge in [-0.25, -0.2) is 0 Å². The lowest BCUT2D eigenvalue weighted by atomic mass is 10.2. The van der Waals surface area contributed by atoms with E-state index in [1.54, 1.807) is 48.8 Å². The number of hydrogen-bond donors (Lipinski definition) is 2. The molecule has 0 aliphatic heterocycles. The molecule has 0 aliphatic rings. The zero-order chi connectivity index (χ0) is 16.8. The molecule has 7 heteroatoms. The molecule has 0 fully saturated rings. The third kappa shape index (κ3) is 4.05. The van der Waals surface area contributed by atoms with Gasteiger partial charge in [0.25, 0.3) is 5.91 Å². The van der Waals surface area contributed by atoms with Crippen molar-refractivity contribution in [1.29, 1.82) is 0 Å². The standard InChI is InChI=1S/C17H14ClN5O/c18-14-4-2-1-3-13(14)17(24)21-16-6-5-15(22-23-16)20-11-12-7-9-19-10-8-12/h1-10H,11H2,(H,20,22)(H,21,23,24). The van der Waals surface area contributed by atoms with E-state index in [0.717, 1.165) is 5.56 Å². The Bertz CT molecular complexity index is 824. The molecule has 2 heterocycles. The molecular weight excluding hydrogens is 326 g/mol. The monoisotopic (exact) mass is 339 g/mol. The summed E-state index contributed by atoms with van der Waals surface area (Å²) in [6.45, 7) is 0.614. The van der Waals surface area contributed by atoms with Gasteiger partial charge >= 0.3 is 0 Å². The molecular formula is C17H14ClN5O. The first kappa shape index (κ1) is 15.9. The number of rotatable bonds is 5. The summed E-state index contributed by atoms with van der Waals surface area (Å²) in [5, 5.41) is 14.2. The lowest BCUT2D eigenvalue weighted by Crippen LogP contribution is -2.14. The van der Waals surface area contributed by atoms with E-state index in [1.165, 1.54) is 0 Å². The van der Waals surface area contributed by atoms with Gasteiger partial charge in [-0.2, -0.15) is 0 Å². The number of pyridine rings is 1. The van der Waals surface area contributed by atoms with Crippen LogP contribution in [0.4, 0.5) is 11.6 Å². The van der Waals surface area contributed by atoms with Crippen molar-refractivity contribution in [1.82, 2.24) is 15.2 Å². The number of anilines is 2. The molecule has 0 unspecified atom stereocenters. The molecule has 1 amide bonds. The SMILES string of the molecule is O=C(Nc1ccc(NCc2ccncc2)nn1)c1ccccc1Cl. The first-order valence-electron chi connectivity index (χ1n) is 7.25. The molecule has 120 valence electrons.